The molecule has 2 unspecified atom stereocenters. The van der Waals surface area contributed by atoms with Gasteiger partial charge in [0.1, 0.15) is 11.9 Å². The lowest BCUT2D eigenvalue weighted by Gasteiger charge is -2.37. The topological polar surface area (TPSA) is 58.0 Å². The number of nitriles is 1. The largest absolute Gasteiger partial charge is 0.384 e. The van der Waals surface area contributed by atoms with Crippen LogP contribution >= 0.6 is 0 Å². The zero-order valence-corrected chi connectivity index (χ0v) is 11.7. The van der Waals surface area contributed by atoms with E-state index in [9.17, 15) is 5.26 Å². The molecule has 1 fully saturated rings. The van der Waals surface area contributed by atoms with Crippen molar-refractivity contribution in [1.82, 2.24) is 9.47 Å². The van der Waals surface area contributed by atoms with Crippen molar-refractivity contribution in [1.29, 1.82) is 5.26 Å². The van der Waals surface area contributed by atoms with Crippen LogP contribution < -0.4 is 5.73 Å². The third kappa shape index (κ3) is 1.89. The van der Waals surface area contributed by atoms with Gasteiger partial charge in [0.05, 0.1) is 5.56 Å². The fraction of sp³-hybridized carbons (Fsp3) is 0.643. The van der Waals surface area contributed by atoms with Crippen LogP contribution in [-0.2, 0) is 0 Å². The van der Waals surface area contributed by atoms with Gasteiger partial charge in [0.15, 0.2) is 0 Å². The Morgan fingerprint density at radius 3 is 2.56 bits per heavy atom. The van der Waals surface area contributed by atoms with Crippen molar-refractivity contribution in [2.45, 2.75) is 33.2 Å². The third-order valence-electron chi connectivity index (χ3n) is 4.30. The zero-order valence-electron chi connectivity index (χ0n) is 11.7. The van der Waals surface area contributed by atoms with Crippen LogP contribution in [0.4, 0.5) is 5.82 Å². The molecule has 0 bridgehead atoms. The van der Waals surface area contributed by atoms with Gasteiger partial charge in [0.25, 0.3) is 0 Å². The lowest BCUT2D eigenvalue weighted by atomic mass is 9.93. The summed E-state index contributed by atoms with van der Waals surface area (Å²) in [6.45, 7) is 8.49. The first-order valence-corrected chi connectivity index (χ1v) is 6.52. The van der Waals surface area contributed by atoms with Crippen molar-refractivity contribution in [3.8, 4) is 6.07 Å². The van der Waals surface area contributed by atoms with Crippen LogP contribution in [0.1, 0.15) is 36.2 Å². The average Bonchev–Trinajstić information content (AvgIpc) is 2.52. The summed E-state index contributed by atoms with van der Waals surface area (Å²) >= 11 is 0. The number of nitrogen functional groups attached to an aromatic ring is 1. The molecule has 2 atom stereocenters. The molecule has 98 valence electrons. The number of likely N-dealkylation sites (tertiary alicyclic amines) is 1. The minimum Gasteiger partial charge on any atom is -0.384 e. The Kier molecular flexibility index (Phi) is 3.36. The molecular weight excluding hydrogens is 224 g/mol. The molecule has 18 heavy (non-hydrogen) atoms. The highest BCUT2D eigenvalue weighted by Gasteiger charge is 2.29. The van der Waals surface area contributed by atoms with E-state index >= 15 is 0 Å². The summed E-state index contributed by atoms with van der Waals surface area (Å²) in [5.74, 6) is 1.21. The molecule has 1 aliphatic heterocycles. The molecule has 1 aliphatic rings. The van der Waals surface area contributed by atoms with Crippen LogP contribution in [-0.4, -0.2) is 29.6 Å². The summed E-state index contributed by atoms with van der Waals surface area (Å²) in [5.41, 5.74) is 8.99. The predicted octanol–water partition coefficient (Wildman–Crippen LogP) is 2.07. The molecule has 1 saturated heterocycles. The van der Waals surface area contributed by atoms with Gasteiger partial charge in [-0.15, -0.1) is 0 Å². The number of rotatable bonds is 1. The van der Waals surface area contributed by atoms with Gasteiger partial charge in [-0.25, -0.2) is 0 Å². The first-order valence-electron chi connectivity index (χ1n) is 6.52. The van der Waals surface area contributed by atoms with Crippen molar-refractivity contribution >= 4 is 5.82 Å². The van der Waals surface area contributed by atoms with Crippen LogP contribution in [0.2, 0.25) is 0 Å². The molecule has 2 heterocycles. The minimum atomic E-state index is 0.419. The smallest absolute Gasteiger partial charge is 0.122 e. The van der Waals surface area contributed by atoms with E-state index in [1.807, 2.05) is 6.92 Å². The molecule has 2 rings (SSSR count). The Morgan fingerprint density at radius 2 is 2.06 bits per heavy atom. The Hall–Kier alpha value is -1.47. The van der Waals surface area contributed by atoms with E-state index in [4.69, 9.17) is 5.73 Å². The second-order valence-electron chi connectivity index (χ2n) is 5.55. The second kappa shape index (κ2) is 4.66. The third-order valence-corrected chi connectivity index (χ3v) is 4.30. The first kappa shape index (κ1) is 13.0. The molecule has 0 spiro atoms. The van der Waals surface area contributed by atoms with Gasteiger partial charge >= 0.3 is 0 Å². The highest BCUT2D eigenvalue weighted by molar-refractivity contribution is 5.58. The lowest BCUT2D eigenvalue weighted by Crippen LogP contribution is -2.38. The Balaban J connectivity index is 2.43. The molecular formula is C14H22N4. The van der Waals surface area contributed by atoms with Crippen molar-refractivity contribution < 1.29 is 0 Å². The number of hydrogen-bond acceptors (Lipinski definition) is 3. The summed E-state index contributed by atoms with van der Waals surface area (Å²) < 4.78 is 2.19. The standard InChI is InChI=1S/C14H22N4/c1-9-8-17(4)6-5-13(9)18-11(3)10(2)12(7-15)14(18)16/h9,13H,5-6,8,16H2,1-4H3. The summed E-state index contributed by atoms with van der Waals surface area (Å²) in [7, 11) is 2.16. The molecule has 0 saturated carbocycles. The fourth-order valence-electron chi connectivity index (χ4n) is 3.15. The van der Waals surface area contributed by atoms with Gasteiger partial charge in [0, 0.05) is 18.3 Å². The molecule has 4 heteroatoms. The number of nitrogens with two attached hydrogens (primary N) is 1. The monoisotopic (exact) mass is 246 g/mol. The van der Waals surface area contributed by atoms with E-state index in [0.717, 1.165) is 30.8 Å². The predicted molar refractivity (Wildman–Crippen MR) is 73.3 cm³/mol. The number of nitrogens with zero attached hydrogens (tertiary/aromatic N) is 3. The van der Waals surface area contributed by atoms with Crippen molar-refractivity contribution in [2.75, 3.05) is 25.9 Å². The van der Waals surface area contributed by atoms with E-state index in [0.29, 0.717) is 23.3 Å². The van der Waals surface area contributed by atoms with Crippen LogP contribution in [0.3, 0.4) is 0 Å². The van der Waals surface area contributed by atoms with E-state index in [1.54, 1.807) is 0 Å². The zero-order chi connectivity index (χ0) is 13.4. The maximum absolute atomic E-state index is 9.19. The summed E-state index contributed by atoms with van der Waals surface area (Å²) in [5, 5.41) is 9.19. The van der Waals surface area contributed by atoms with E-state index in [-0.39, 0.29) is 0 Å². The molecule has 0 amide bonds. The number of piperidine rings is 1. The number of anilines is 1. The SMILES string of the molecule is Cc1c(C#N)c(N)n(C2CCN(C)CC2C)c1C. The van der Waals surface area contributed by atoms with Crippen LogP contribution in [0, 0.1) is 31.1 Å². The van der Waals surface area contributed by atoms with E-state index in [2.05, 4.69) is 36.4 Å². The Morgan fingerprint density at radius 1 is 1.39 bits per heavy atom. The average molecular weight is 246 g/mol. The van der Waals surface area contributed by atoms with E-state index < -0.39 is 0 Å². The van der Waals surface area contributed by atoms with Gasteiger partial charge < -0.3 is 15.2 Å². The summed E-state index contributed by atoms with van der Waals surface area (Å²) in [6.07, 6.45) is 1.10. The molecule has 4 nitrogen and oxygen atoms in total. The maximum Gasteiger partial charge on any atom is 0.122 e. The molecule has 2 N–H and O–H groups in total. The summed E-state index contributed by atoms with van der Waals surface area (Å²) in [6, 6.07) is 2.65. The first-order chi connectivity index (χ1) is 8.47. The maximum atomic E-state index is 9.19. The fourth-order valence-corrected chi connectivity index (χ4v) is 3.15. The van der Waals surface area contributed by atoms with Crippen LogP contribution in [0.15, 0.2) is 0 Å². The molecule has 0 radical (unpaired) electrons. The molecule has 1 aromatic rings. The van der Waals surface area contributed by atoms with Crippen molar-refractivity contribution in [3.05, 3.63) is 16.8 Å². The quantitative estimate of drug-likeness (QED) is 0.825. The molecule has 0 aromatic carbocycles. The van der Waals surface area contributed by atoms with Gasteiger partial charge in [0.2, 0.25) is 0 Å². The number of hydrogen-bond donors (Lipinski definition) is 1. The highest BCUT2D eigenvalue weighted by atomic mass is 15.2. The molecule has 1 aromatic heterocycles. The van der Waals surface area contributed by atoms with Gasteiger partial charge in [-0.1, -0.05) is 6.92 Å². The molecule has 0 aliphatic carbocycles. The second-order valence-corrected chi connectivity index (χ2v) is 5.55. The normalized spacial score (nSPS) is 25.1. The van der Waals surface area contributed by atoms with E-state index in [1.165, 1.54) is 0 Å². The van der Waals surface area contributed by atoms with Gasteiger partial charge in [-0.3, -0.25) is 0 Å². The minimum absolute atomic E-state index is 0.419. The van der Waals surface area contributed by atoms with Gasteiger partial charge in [-0.05, 0) is 45.3 Å². The summed E-state index contributed by atoms with van der Waals surface area (Å²) in [4.78, 5) is 2.36. The highest BCUT2D eigenvalue weighted by Crippen LogP contribution is 2.35. The number of aromatic nitrogens is 1. The Bertz CT molecular complexity index is 495. The van der Waals surface area contributed by atoms with Crippen LogP contribution in [0.5, 0.6) is 0 Å². The Labute approximate surface area is 109 Å². The van der Waals surface area contributed by atoms with Gasteiger partial charge in [-0.2, -0.15) is 5.26 Å². The van der Waals surface area contributed by atoms with Crippen molar-refractivity contribution in [3.63, 3.8) is 0 Å². The van der Waals surface area contributed by atoms with Crippen LogP contribution in [0.25, 0.3) is 0 Å². The lowest BCUT2D eigenvalue weighted by molar-refractivity contribution is 0.159. The van der Waals surface area contributed by atoms with Crippen molar-refractivity contribution in [2.24, 2.45) is 5.92 Å².